The molecule has 1 saturated carbocycles. The van der Waals surface area contributed by atoms with Crippen molar-refractivity contribution in [1.82, 2.24) is 4.90 Å². The quantitative estimate of drug-likeness (QED) is 0.830. The Balaban J connectivity index is 1.69. The SMILES string of the molecule is COc1ccc2c(c1O)[C@@]13C=CCC[C@@]1(O)[C@@H](C2)N(CC1CC1)CC3. The zero-order valence-electron chi connectivity index (χ0n) is 14.9. The van der Waals surface area contributed by atoms with Gasteiger partial charge in [-0.1, -0.05) is 18.2 Å². The molecule has 3 aliphatic carbocycles. The van der Waals surface area contributed by atoms with Gasteiger partial charge in [-0.15, -0.1) is 0 Å². The minimum atomic E-state index is -0.800. The molecule has 1 aromatic carbocycles. The Bertz CT molecular complexity index is 741. The second-order valence-corrected chi connectivity index (χ2v) is 8.40. The highest BCUT2D eigenvalue weighted by Gasteiger charge is 2.63. The number of aliphatic hydroxyl groups is 1. The molecule has 1 saturated heterocycles. The number of rotatable bonds is 3. The van der Waals surface area contributed by atoms with E-state index in [1.807, 2.05) is 6.07 Å². The lowest BCUT2D eigenvalue weighted by atomic mass is 9.51. The van der Waals surface area contributed by atoms with Gasteiger partial charge in [-0.2, -0.15) is 0 Å². The zero-order valence-corrected chi connectivity index (χ0v) is 14.9. The van der Waals surface area contributed by atoms with Crippen LogP contribution in [0, 0.1) is 5.92 Å². The molecule has 5 rings (SSSR count). The normalized spacial score (nSPS) is 36.6. The number of allylic oxidation sites excluding steroid dienone is 1. The molecule has 0 aromatic heterocycles. The standard InChI is InChI=1S/C21H27NO3/c1-25-16-7-6-15-12-17-21(24)9-3-2-8-20(21,18(15)19(16)23)10-11-22(17)13-14-4-5-14/h2,6-8,14,17,23-24H,3-5,9-13H2,1H3/t17-,20+,21-/m1/s1. The summed E-state index contributed by atoms with van der Waals surface area (Å²) >= 11 is 0. The Labute approximate surface area is 149 Å². The number of ether oxygens (including phenoxy) is 1. The van der Waals surface area contributed by atoms with E-state index in [0.717, 1.165) is 50.3 Å². The molecule has 0 amide bonds. The van der Waals surface area contributed by atoms with Crippen LogP contribution in [0.2, 0.25) is 0 Å². The van der Waals surface area contributed by atoms with Gasteiger partial charge in [0.25, 0.3) is 0 Å². The van der Waals surface area contributed by atoms with Crippen molar-refractivity contribution in [1.29, 1.82) is 0 Å². The van der Waals surface area contributed by atoms with Gasteiger partial charge in [0.05, 0.1) is 12.7 Å². The summed E-state index contributed by atoms with van der Waals surface area (Å²) in [6.45, 7) is 2.11. The molecular weight excluding hydrogens is 314 g/mol. The Hall–Kier alpha value is -1.52. The Morgan fingerprint density at radius 1 is 1.28 bits per heavy atom. The van der Waals surface area contributed by atoms with Gasteiger partial charge in [0, 0.05) is 23.6 Å². The van der Waals surface area contributed by atoms with Crippen LogP contribution in [0.1, 0.15) is 43.2 Å². The average Bonchev–Trinajstić information content (AvgIpc) is 3.41. The number of aromatic hydroxyl groups is 1. The molecule has 2 fully saturated rings. The van der Waals surface area contributed by atoms with Crippen molar-refractivity contribution >= 4 is 0 Å². The van der Waals surface area contributed by atoms with E-state index in [1.54, 1.807) is 7.11 Å². The van der Waals surface area contributed by atoms with Gasteiger partial charge in [-0.05, 0) is 62.6 Å². The molecule has 4 nitrogen and oxygen atoms in total. The molecule has 4 heteroatoms. The number of phenols is 1. The van der Waals surface area contributed by atoms with Crippen molar-refractivity contribution in [3.8, 4) is 11.5 Å². The molecule has 1 heterocycles. The molecule has 25 heavy (non-hydrogen) atoms. The van der Waals surface area contributed by atoms with E-state index in [9.17, 15) is 10.2 Å². The van der Waals surface area contributed by atoms with E-state index in [0.29, 0.717) is 5.75 Å². The number of fused-ring (bicyclic) bond motifs is 1. The van der Waals surface area contributed by atoms with Crippen LogP contribution >= 0.6 is 0 Å². The summed E-state index contributed by atoms with van der Waals surface area (Å²) in [5, 5.41) is 22.9. The largest absolute Gasteiger partial charge is 0.504 e. The Morgan fingerprint density at radius 3 is 2.88 bits per heavy atom. The first-order valence-electron chi connectivity index (χ1n) is 9.62. The highest BCUT2D eigenvalue weighted by molar-refractivity contribution is 5.60. The summed E-state index contributed by atoms with van der Waals surface area (Å²) in [6, 6.07) is 4.10. The first kappa shape index (κ1) is 15.7. The summed E-state index contributed by atoms with van der Waals surface area (Å²) < 4.78 is 5.37. The number of hydrogen-bond acceptors (Lipinski definition) is 4. The van der Waals surface area contributed by atoms with E-state index in [-0.39, 0.29) is 11.8 Å². The van der Waals surface area contributed by atoms with Crippen LogP contribution in [0.4, 0.5) is 0 Å². The fourth-order valence-electron chi connectivity index (χ4n) is 5.72. The van der Waals surface area contributed by atoms with Crippen LogP contribution in [0.3, 0.4) is 0 Å². The van der Waals surface area contributed by atoms with Crippen molar-refractivity contribution < 1.29 is 14.9 Å². The molecule has 2 bridgehead atoms. The lowest BCUT2D eigenvalue weighted by Gasteiger charge is -2.62. The summed E-state index contributed by atoms with van der Waals surface area (Å²) in [6.07, 6.45) is 10.4. The van der Waals surface area contributed by atoms with Crippen molar-refractivity contribution in [2.24, 2.45) is 5.92 Å². The number of phenolic OH excluding ortho intramolecular Hbond substituents is 1. The summed E-state index contributed by atoms with van der Waals surface area (Å²) in [5.74, 6) is 1.55. The first-order chi connectivity index (χ1) is 12.1. The second kappa shape index (κ2) is 5.24. The molecule has 0 unspecified atom stereocenters. The smallest absolute Gasteiger partial charge is 0.162 e. The van der Waals surface area contributed by atoms with Crippen LogP contribution in [0.15, 0.2) is 24.3 Å². The second-order valence-electron chi connectivity index (χ2n) is 8.40. The van der Waals surface area contributed by atoms with E-state index in [1.165, 1.54) is 18.4 Å². The van der Waals surface area contributed by atoms with Crippen molar-refractivity contribution in [2.75, 3.05) is 20.2 Å². The first-order valence-corrected chi connectivity index (χ1v) is 9.62. The average molecular weight is 341 g/mol. The highest BCUT2D eigenvalue weighted by Crippen LogP contribution is 2.59. The fourth-order valence-corrected chi connectivity index (χ4v) is 5.72. The number of methoxy groups -OCH3 is 1. The van der Waals surface area contributed by atoms with Gasteiger partial charge in [-0.3, -0.25) is 4.90 Å². The molecule has 1 aromatic rings. The third-order valence-electron chi connectivity index (χ3n) is 7.15. The predicted octanol–water partition coefficient (Wildman–Crippen LogP) is 2.76. The summed E-state index contributed by atoms with van der Waals surface area (Å²) in [4.78, 5) is 2.54. The van der Waals surface area contributed by atoms with Gasteiger partial charge in [0.1, 0.15) is 0 Å². The monoisotopic (exact) mass is 341 g/mol. The maximum Gasteiger partial charge on any atom is 0.162 e. The molecular formula is C21H27NO3. The summed E-state index contributed by atoms with van der Waals surface area (Å²) in [7, 11) is 1.59. The predicted molar refractivity (Wildman–Crippen MR) is 96.1 cm³/mol. The molecule has 3 atom stereocenters. The number of nitrogens with zero attached hydrogens (tertiary/aromatic N) is 1. The lowest BCUT2D eigenvalue weighted by Crippen LogP contribution is -2.71. The minimum Gasteiger partial charge on any atom is -0.504 e. The van der Waals surface area contributed by atoms with E-state index in [2.05, 4.69) is 23.1 Å². The number of hydrogen-bond donors (Lipinski definition) is 2. The van der Waals surface area contributed by atoms with Crippen LogP contribution in [0.25, 0.3) is 0 Å². The van der Waals surface area contributed by atoms with Gasteiger partial charge in [0.15, 0.2) is 11.5 Å². The van der Waals surface area contributed by atoms with Crippen molar-refractivity contribution in [2.45, 2.75) is 55.6 Å². The van der Waals surface area contributed by atoms with Gasteiger partial charge in [-0.25, -0.2) is 0 Å². The fraction of sp³-hybridized carbons (Fsp3) is 0.619. The van der Waals surface area contributed by atoms with Gasteiger partial charge < -0.3 is 14.9 Å². The minimum absolute atomic E-state index is 0.145. The molecule has 0 radical (unpaired) electrons. The van der Waals surface area contributed by atoms with Crippen LogP contribution in [0.5, 0.6) is 11.5 Å². The van der Waals surface area contributed by atoms with Crippen LogP contribution < -0.4 is 4.74 Å². The molecule has 1 aliphatic heterocycles. The third kappa shape index (κ3) is 2.01. The molecule has 4 aliphatic rings. The zero-order chi connectivity index (χ0) is 17.2. The molecule has 134 valence electrons. The van der Waals surface area contributed by atoms with Crippen LogP contribution in [-0.2, 0) is 11.8 Å². The number of piperidine rings is 1. The van der Waals surface area contributed by atoms with Crippen molar-refractivity contribution in [3.63, 3.8) is 0 Å². The number of benzene rings is 1. The maximum absolute atomic E-state index is 12.0. The lowest BCUT2D eigenvalue weighted by molar-refractivity contribution is -0.139. The Morgan fingerprint density at radius 2 is 2.12 bits per heavy atom. The van der Waals surface area contributed by atoms with E-state index < -0.39 is 11.0 Å². The van der Waals surface area contributed by atoms with Gasteiger partial charge >= 0.3 is 0 Å². The topological polar surface area (TPSA) is 52.9 Å². The van der Waals surface area contributed by atoms with Gasteiger partial charge in [0.2, 0.25) is 0 Å². The Kier molecular flexibility index (Phi) is 3.29. The highest BCUT2D eigenvalue weighted by atomic mass is 16.5. The molecule has 2 N–H and O–H groups in total. The maximum atomic E-state index is 12.0. The van der Waals surface area contributed by atoms with Crippen molar-refractivity contribution in [3.05, 3.63) is 35.4 Å². The van der Waals surface area contributed by atoms with E-state index in [4.69, 9.17) is 4.74 Å². The summed E-state index contributed by atoms with van der Waals surface area (Å²) in [5.41, 5.74) is 0.793. The van der Waals surface area contributed by atoms with E-state index >= 15 is 0 Å². The molecule has 0 spiro atoms. The number of likely N-dealkylation sites (tertiary alicyclic amines) is 1. The van der Waals surface area contributed by atoms with Crippen LogP contribution in [-0.4, -0.2) is 47.0 Å². The third-order valence-corrected chi connectivity index (χ3v) is 7.15.